The van der Waals surface area contributed by atoms with Crippen LogP contribution in [-0.4, -0.2) is 28.6 Å². The lowest BCUT2D eigenvalue weighted by Crippen LogP contribution is -2.28. The van der Waals surface area contributed by atoms with Crippen molar-refractivity contribution >= 4 is 35.0 Å². The Bertz CT molecular complexity index is 996. The molecular formula is C19H12NO5S-. The number of benzene rings is 1. The molecule has 0 radical (unpaired) electrons. The van der Waals surface area contributed by atoms with Gasteiger partial charge in [0.2, 0.25) is 0 Å². The van der Waals surface area contributed by atoms with Gasteiger partial charge in [-0.3, -0.25) is 14.5 Å². The fourth-order valence-electron chi connectivity index (χ4n) is 2.50. The van der Waals surface area contributed by atoms with Crippen molar-refractivity contribution in [2.24, 2.45) is 0 Å². The normalized spacial score (nSPS) is 15.5. The van der Waals surface area contributed by atoms with Crippen LogP contribution in [0.2, 0.25) is 0 Å². The molecule has 130 valence electrons. The monoisotopic (exact) mass is 366 g/mol. The summed E-state index contributed by atoms with van der Waals surface area (Å²) in [6.45, 7) is 1.69. The molecule has 6 nitrogen and oxygen atoms in total. The number of imide groups is 1. The third-order valence-corrected chi connectivity index (χ3v) is 4.66. The molecule has 0 atom stereocenters. The van der Waals surface area contributed by atoms with Crippen LogP contribution in [0.15, 0.2) is 39.7 Å². The maximum Gasteiger partial charge on any atom is 0.294 e. The van der Waals surface area contributed by atoms with Crippen molar-refractivity contribution in [3.8, 4) is 23.7 Å². The lowest BCUT2D eigenvalue weighted by atomic mass is 10.0. The van der Waals surface area contributed by atoms with Crippen molar-refractivity contribution in [3.63, 3.8) is 0 Å². The van der Waals surface area contributed by atoms with E-state index in [1.165, 1.54) is 18.2 Å². The van der Waals surface area contributed by atoms with Gasteiger partial charge in [-0.15, -0.1) is 6.42 Å². The van der Waals surface area contributed by atoms with E-state index in [1.54, 1.807) is 25.1 Å². The SMILES string of the molecule is C#CCN1C(=O)S/C(=C/c2ccc(-c3ccc(C(=O)[O-])cc3C)o2)C1=O. The van der Waals surface area contributed by atoms with Crippen molar-refractivity contribution in [1.82, 2.24) is 4.90 Å². The van der Waals surface area contributed by atoms with Crippen molar-refractivity contribution in [2.45, 2.75) is 6.92 Å². The first-order valence-corrected chi connectivity index (χ1v) is 8.33. The Labute approximate surface area is 153 Å². The fourth-order valence-corrected chi connectivity index (χ4v) is 3.32. The van der Waals surface area contributed by atoms with Gasteiger partial charge in [0.05, 0.1) is 17.4 Å². The topological polar surface area (TPSA) is 90.7 Å². The van der Waals surface area contributed by atoms with Crippen molar-refractivity contribution < 1.29 is 23.9 Å². The number of amides is 2. The second kappa shape index (κ2) is 6.94. The zero-order chi connectivity index (χ0) is 18.8. The molecule has 7 heteroatoms. The van der Waals surface area contributed by atoms with Crippen LogP contribution in [0, 0.1) is 19.3 Å². The molecule has 0 spiro atoms. The molecule has 0 saturated carbocycles. The highest BCUT2D eigenvalue weighted by molar-refractivity contribution is 8.18. The molecule has 1 aliphatic rings. The van der Waals surface area contributed by atoms with Crippen LogP contribution in [0.5, 0.6) is 0 Å². The highest BCUT2D eigenvalue weighted by Gasteiger charge is 2.34. The van der Waals surface area contributed by atoms with Crippen LogP contribution in [0.4, 0.5) is 4.79 Å². The minimum Gasteiger partial charge on any atom is -0.545 e. The number of furan rings is 1. The van der Waals surface area contributed by atoms with Crippen LogP contribution in [-0.2, 0) is 4.79 Å². The number of rotatable bonds is 4. The zero-order valence-electron chi connectivity index (χ0n) is 13.6. The molecule has 0 unspecified atom stereocenters. The third kappa shape index (κ3) is 3.27. The van der Waals surface area contributed by atoms with Crippen LogP contribution >= 0.6 is 11.8 Å². The number of carbonyl (C=O) groups is 3. The van der Waals surface area contributed by atoms with E-state index in [0.717, 1.165) is 22.2 Å². The van der Waals surface area contributed by atoms with Crippen LogP contribution < -0.4 is 5.11 Å². The van der Waals surface area contributed by atoms with Gasteiger partial charge in [0.25, 0.3) is 11.1 Å². The number of carboxylic acid groups (broad SMARTS) is 1. The van der Waals surface area contributed by atoms with Gasteiger partial charge in [-0.05, 0) is 48.0 Å². The smallest absolute Gasteiger partial charge is 0.294 e. The molecule has 1 aromatic carbocycles. The van der Waals surface area contributed by atoms with Crippen LogP contribution in [0.3, 0.4) is 0 Å². The number of carbonyl (C=O) groups excluding carboxylic acids is 3. The number of thioether (sulfide) groups is 1. The van der Waals surface area contributed by atoms with E-state index in [0.29, 0.717) is 17.1 Å². The summed E-state index contributed by atoms with van der Waals surface area (Å²) in [5.41, 5.74) is 1.51. The Hall–Kier alpha value is -3.24. The summed E-state index contributed by atoms with van der Waals surface area (Å²) in [6.07, 6.45) is 6.64. The lowest BCUT2D eigenvalue weighted by molar-refractivity contribution is -0.255. The number of nitrogens with zero attached hydrogens (tertiary/aromatic N) is 1. The quantitative estimate of drug-likeness (QED) is 0.609. The molecule has 3 rings (SSSR count). The Morgan fingerprint density at radius 3 is 2.77 bits per heavy atom. The summed E-state index contributed by atoms with van der Waals surface area (Å²) >= 11 is 0.801. The van der Waals surface area contributed by atoms with Crippen molar-refractivity contribution in [2.75, 3.05) is 6.54 Å². The summed E-state index contributed by atoms with van der Waals surface area (Å²) in [7, 11) is 0. The molecule has 26 heavy (non-hydrogen) atoms. The molecule has 2 aromatic rings. The molecule has 1 aromatic heterocycles. The van der Waals surface area contributed by atoms with Gasteiger partial charge in [0.15, 0.2) is 0 Å². The number of aromatic carboxylic acids is 1. The summed E-state index contributed by atoms with van der Waals surface area (Å²) < 4.78 is 5.72. The van der Waals surface area contributed by atoms with E-state index in [9.17, 15) is 19.5 Å². The standard InChI is InChI=1S/C19H13NO5S/c1-3-8-20-17(21)16(26-19(20)24)10-13-5-7-15(25-13)14-6-4-12(18(22)23)9-11(14)2/h1,4-7,9-10H,8H2,2H3,(H,22,23)/p-1/b16-10+. The van der Waals surface area contributed by atoms with E-state index in [2.05, 4.69) is 5.92 Å². The van der Waals surface area contributed by atoms with E-state index >= 15 is 0 Å². The fraction of sp³-hybridized carbons (Fsp3) is 0.105. The maximum absolute atomic E-state index is 12.2. The number of hydrogen-bond donors (Lipinski definition) is 0. The van der Waals surface area contributed by atoms with Crippen molar-refractivity contribution in [3.05, 3.63) is 52.1 Å². The summed E-state index contributed by atoms with van der Waals surface area (Å²) in [5, 5.41) is 10.5. The molecular weight excluding hydrogens is 354 g/mol. The molecule has 1 aliphatic heterocycles. The first-order valence-electron chi connectivity index (χ1n) is 7.51. The second-order valence-corrected chi connectivity index (χ2v) is 6.48. The summed E-state index contributed by atoms with van der Waals surface area (Å²) in [5.74, 6) is 1.49. The molecule has 0 N–H and O–H groups in total. The largest absolute Gasteiger partial charge is 0.545 e. The van der Waals surface area contributed by atoms with Gasteiger partial charge < -0.3 is 14.3 Å². The number of aryl methyl sites for hydroxylation is 1. The Balaban J connectivity index is 1.87. The number of carboxylic acids is 1. The predicted octanol–water partition coefficient (Wildman–Crippen LogP) is 2.29. The molecule has 0 bridgehead atoms. The lowest BCUT2D eigenvalue weighted by Gasteiger charge is -2.07. The van der Waals surface area contributed by atoms with Gasteiger partial charge in [0, 0.05) is 11.6 Å². The minimum atomic E-state index is -1.25. The van der Waals surface area contributed by atoms with E-state index in [1.807, 2.05) is 0 Å². The minimum absolute atomic E-state index is 0.0740. The van der Waals surface area contributed by atoms with Gasteiger partial charge in [-0.25, -0.2) is 0 Å². The molecule has 0 aliphatic carbocycles. The average Bonchev–Trinajstić information content (AvgIpc) is 3.15. The summed E-state index contributed by atoms with van der Waals surface area (Å²) in [6, 6.07) is 7.93. The first kappa shape index (κ1) is 17.6. The third-order valence-electron chi connectivity index (χ3n) is 3.75. The van der Waals surface area contributed by atoms with Gasteiger partial charge in [-0.2, -0.15) is 0 Å². The van der Waals surface area contributed by atoms with E-state index in [-0.39, 0.29) is 17.0 Å². The average molecular weight is 366 g/mol. The van der Waals surface area contributed by atoms with Gasteiger partial charge >= 0.3 is 0 Å². The second-order valence-electron chi connectivity index (χ2n) is 5.49. The van der Waals surface area contributed by atoms with Crippen LogP contribution in [0.25, 0.3) is 17.4 Å². The highest BCUT2D eigenvalue weighted by Crippen LogP contribution is 2.33. The van der Waals surface area contributed by atoms with Gasteiger partial charge in [-0.1, -0.05) is 18.1 Å². The number of hydrogen-bond acceptors (Lipinski definition) is 6. The first-order chi connectivity index (χ1) is 12.4. The van der Waals surface area contributed by atoms with Crippen molar-refractivity contribution in [1.29, 1.82) is 0 Å². The Morgan fingerprint density at radius 2 is 2.12 bits per heavy atom. The predicted molar refractivity (Wildman–Crippen MR) is 94.7 cm³/mol. The zero-order valence-corrected chi connectivity index (χ0v) is 14.5. The van der Waals surface area contributed by atoms with Gasteiger partial charge in [0.1, 0.15) is 11.5 Å². The number of terminal acetylenes is 1. The highest BCUT2D eigenvalue weighted by atomic mass is 32.2. The molecule has 1 saturated heterocycles. The Morgan fingerprint density at radius 1 is 1.35 bits per heavy atom. The summed E-state index contributed by atoms with van der Waals surface area (Å²) in [4.78, 5) is 36.1. The molecule has 2 amide bonds. The van der Waals surface area contributed by atoms with E-state index < -0.39 is 17.1 Å². The maximum atomic E-state index is 12.2. The van der Waals surface area contributed by atoms with Crippen LogP contribution in [0.1, 0.15) is 21.7 Å². The molecule has 1 fully saturated rings. The van der Waals surface area contributed by atoms with E-state index in [4.69, 9.17) is 10.8 Å². The Kier molecular flexibility index (Phi) is 4.69. The molecule has 2 heterocycles.